The summed E-state index contributed by atoms with van der Waals surface area (Å²) >= 11 is 3.67. The number of hydrogen-bond acceptors (Lipinski definition) is 1. The van der Waals surface area contributed by atoms with E-state index in [1.54, 1.807) is 6.07 Å². The average Bonchev–Trinajstić information content (AvgIpc) is 3.01. The van der Waals surface area contributed by atoms with Gasteiger partial charge in [-0.1, -0.05) is 6.92 Å². The minimum atomic E-state index is -0.201. The molecule has 0 saturated carbocycles. The summed E-state index contributed by atoms with van der Waals surface area (Å²) in [5.74, 6) is -0.201. The van der Waals surface area contributed by atoms with Gasteiger partial charge in [-0.3, -0.25) is 4.68 Å². The number of hydrogen-bond donors (Lipinski definition) is 0. The topological polar surface area (TPSA) is 22.8 Å². The van der Waals surface area contributed by atoms with E-state index in [2.05, 4.69) is 39.4 Å². The van der Waals surface area contributed by atoms with Crippen LogP contribution in [0.4, 0.5) is 4.39 Å². The molecule has 5 heteroatoms. The Labute approximate surface area is 131 Å². The second kappa shape index (κ2) is 5.64. The zero-order valence-electron chi connectivity index (χ0n) is 12.1. The van der Waals surface area contributed by atoms with Crippen LogP contribution < -0.4 is 0 Å². The van der Waals surface area contributed by atoms with Gasteiger partial charge in [0.2, 0.25) is 0 Å². The third-order valence-electron chi connectivity index (χ3n) is 3.75. The molecule has 2 aromatic heterocycles. The molecule has 0 saturated heterocycles. The Morgan fingerprint density at radius 3 is 2.76 bits per heavy atom. The number of aromatic nitrogens is 3. The van der Waals surface area contributed by atoms with Gasteiger partial charge in [-0.2, -0.15) is 5.10 Å². The molecule has 1 aromatic carbocycles. The fraction of sp³-hybridized carbons (Fsp3) is 0.312. The highest BCUT2D eigenvalue weighted by molar-refractivity contribution is 9.10. The van der Waals surface area contributed by atoms with Crippen LogP contribution in [0.2, 0.25) is 0 Å². The van der Waals surface area contributed by atoms with Crippen molar-refractivity contribution in [3.63, 3.8) is 0 Å². The maximum Gasteiger partial charge on any atom is 0.123 e. The molecular weight excluding hydrogens is 333 g/mol. The van der Waals surface area contributed by atoms with Crippen molar-refractivity contribution in [1.29, 1.82) is 0 Å². The van der Waals surface area contributed by atoms with Crippen molar-refractivity contribution < 1.29 is 4.39 Å². The number of rotatable bonds is 4. The number of nitrogens with zero attached hydrogens (tertiary/aromatic N) is 3. The molecule has 3 aromatic rings. The van der Waals surface area contributed by atoms with Crippen molar-refractivity contribution in [3.8, 4) is 0 Å². The first kappa shape index (κ1) is 14.3. The van der Waals surface area contributed by atoms with Gasteiger partial charge in [0.15, 0.2) is 0 Å². The number of halogens is 2. The molecule has 0 bridgehead atoms. The normalized spacial score (nSPS) is 11.4. The molecule has 0 radical (unpaired) electrons. The van der Waals surface area contributed by atoms with E-state index in [0.717, 1.165) is 46.3 Å². The summed E-state index contributed by atoms with van der Waals surface area (Å²) in [4.78, 5) is 0. The smallest absolute Gasteiger partial charge is 0.123 e. The molecule has 0 fully saturated rings. The Hall–Kier alpha value is -1.62. The van der Waals surface area contributed by atoms with E-state index < -0.39 is 0 Å². The van der Waals surface area contributed by atoms with Gasteiger partial charge in [0.1, 0.15) is 5.82 Å². The molecule has 0 unspecified atom stereocenters. The van der Waals surface area contributed by atoms with Crippen LogP contribution in [0.1, 0.15) is 25.2 Å². The molecular formula is C16H17BrFN3. The molecule has 0 atom stereocenters. The molecule has 3 rings (SSSR count). The highest BCUT2D eigenvalue weighted by Crippen LogP contribution is 2.25. The fourth-order valence-corrected chi connectivity index (χ4v) is 3.33. The van der Waals surface area contributed by atoms with Gasteiger partial charge in [-0.15, -0.1) is 0 Å². The first-order valence-corrected chi connectivity index (χ1v) is 7.91. The second-order valence-corrected chi connectivity index (χ2v) is 5.82. The summed E-state index contributed by atoms with van der Waals surface area (Å²) in [7, 11) is 0. The fourth-order valence-electron chi connectivity index (χ4n) is 2.64. The minimum absolute atomic E-state index is 0.201. The van der Waals surface area contributed by atoms with Crippen molar-refractivity contribution in [2.75, 3.05) is 0 Å². The van der Waals surface area contributed by atoms with Crippen molar-refractivity contribution in [1.82, 2.24) is 14.3 Å². The van der Waals surface area contributed by atoms with Gasteiger partial charge in [0, 0.05) is 23.6 Å². The van der Waals surface area contributed by atoms with E-state index in [4.69, 9.17) is 0 Å². The van der Waals surface area contributed by atoms with Gasteiger partial charge in [0.25, 0.3) is 0 Å². The molecule has 2 heterocycles. The summed E-state index contributed by atoms with van der Waals surface area (Å²) in [6, 6.07) is 6.84. The zero-order chi connectivity index (χ0) is 15.0. The van der Waals surface area contributed by atoms with E-state index in [-0.39, 0.29) is 5.82 Å². The summed E-state index contributed by atoms with van der Waals surface area (Å²) in [6.45, 7) is 5.74. The Balaban J connectivity index is 2.04. The number of benzene rings is 1. The third kappa shape index (κ3) is 2.50. The van der Waals surface area contributed by atoms with Crippen LogP contribution in [0.3, 0.4) is 0 Å². The lowest BCUT2D eigenvalue weighted by molar-refractivity contribution is 0.598. The molecule has 0 amide bonds. The van der Waals surface area contributed by atoms with Crippen molar-refractivity contribution in [3.05, 3.63) is 52.1 Å². The monoisotopic (exact) mass is 349 g/mol. The van der Waals surface area contributed by atoms with E-state index >= 15 is 0 Å². The van der Waals surface area contributed by atoms with Gasteiger partial charge in [-0.05, 0) is 53.5 Å². The standard InChI is InChI=1S/C16H17BrFN3/c1-3-13-16(17)15(21(4-2)19-13)10-20-8-7-11-9-12(18)5-6-14(11)20/h5-9H,3-4,10H2,1-2H3. The van der Waals surface area contributed by atoms with Crippen molar-refractivity contribution in [2.45, 2.75) is 33.4 Å². The first-order chi connectivity index (χ1) is 10.1. The maximum absolute atomic E-state index is 13.3. The second-order valence-electron chi connectivity index (χ2n) is 5.02. The highest BCUT2D eigenvalue weighted by Gasteiger charge is 2.15. The maximum atomic E-state index is 13.3. The molecule has 110 valence electrons. The SMILES string of the molecule is CCc1nn(CC)c(Cn2ccc3cc(F)ccc32)c1Br. The summed E-state index contributed by atoms with van der Waals surface area (Å²) in [5, 5.41) is 5.54. The predicted octanol–water partition coefficient (Wildman–Crippen LogP) is 4.37. The zero-order valence-corrected chi connectivity index (χ0v) is 13.7. The lowest BCUT2D eigenvalue weighted by Crippen LogP contribution is -2.07. The molecule has 0 aliphatic heterocycles. The van der Waals surface area contributed by atoms with Gasteiger partial charge in [0.05, 0.1) is 22.4 Å². The quantitative estimate of drug-likeness (QED) is 0.685. The molecule has 3 nitrogen and oxygen atoms in total. The van der Waals surface area contributed by atoms with Gasteiger partial charge >= 0.3 is 0 Å². The summed E-state index contributed by atoms with van der Waals surface area (Å²) in [6.07, 6.45) is 2.90. The average molecular weight is 350 g/mol. The van der Waals surface area contributed by atoms with Crippen molar-refractivity contribution >= 4 is 26.8 Å². The molecule has 0 spiro atoms. The molecule has 0 aliphatic rings. The van der Waals surface area contributed by atoms with E-state index in [0.29, 0.717) is 0 Å². The summed E-state index contributed by atoms with van der Waals surface area (Å²) < 4.78 is 18.5. The lowest BCUT2D eigenvalue weighted by Gasteiger charge is -2.08. The Kier molecular flexibility index (Phi) is 3.85. The Morgan fingerprint density at radius 1 is 1.24 bits per heavy atom. The van der Waals surface area contributed by atoms with Crippen LogP contribution in [0.25, 0.3) is 10.9 Å². The highest BCUT2D eigenvalue weighted by atomic mass is 79.9. The third-order valence-corrected chi connectivity index (χ3v) is 4.66. The lowest BCUT2D eigenvalue weighted by atomic mass is 10.2. The largest absolute Gasteiger partial charge is 0.341 e. The minimum Gasteiger partial charge on any atom is -0.341 e. The number of aryl methyl sites for hydroxylation is 2. The van der Waals surface area contributed by atoms with Crippen molar-refractivity contribution in [2.24, 2.45) is 0 Å². The van der Waals surface area contributed by atoms with Crippen LogP contribution in [-0.2, 0) is 19.5 Å². The Bertz CT molecular complexity index is 788. The molecule has 0 N–H and O–H groups in total. The predicted molar refractivity (Wildman–Crippen MR) is 86.0 cm³/mol. The van der Waals surface area contributed by atoms with Crippen LogP contribution in [0.5, 0.6) is 0 Å². The van der Waals surface area contributed by atoms with E-state index in [1.165, 1.54) is 6.07 Å². The van der Waals surface area contributed by atoms with Crippen LogP contribution in [0.15, 0.2) is 34.9 Å². The van der Waals surface area contributed by atoms with Crippen LogP contribution >= 0.6 is 15.9 Å². The molecule has 0 aliphatic carbocycles. The van der Waals surface area contributed by atoms with Gasteiger partial charge in [-0.25, -0.2) is 4.39 Å². The van der Waals surface area contributed by atoms with Crippen LogP contribution in [0, 0.1) is 5.82 Å². The molecule has 21 heavy (non-hydrogen) atoms. The van der Waals surface area contributed by atoms with Gasteiger partial charge < -0.3 is 4.57 Å². The van der Waals surface area contributed by atoms with Crippen LogP contribution in [-0.4, -0.2) is 14.3 Å². The van der Waals surface area contributed by atoms with E-state index in [9.17, 15) is 4.39 Å². The number of fused-ring (bicyclic) bond motifs is 1. The summed E-state index contributed by atoms with van der Waals surface area (Å²) in [5.41, 5.74) is 3.26. The Morgan fingerprint density at radius 2 is 2.05 bits per heavy atom. The first-order valence-electron chi connectivity index (χ1n) is 7.12. The van der Waals surface area contributed by atoms with E-state index in [1.807, 2.05) is 23.0 Å².